The van der Waals surface area contributed by atoms with Gasteiger partial charge in [-0.2, -0.15) is 4.72 Å². The maximum Gasteiger partial charge on any atom is 0.323 e. The van der Waals surface area contributed by atoms with Gasteiger partial charge in [-0.05, 0) is 13.0 Å². The number of methoxy groups -OCH3 is 1. The van der Waals surface area contributed by atoms with Gasteiger partial charge in [-0.15, -0.1) is 0 Å². The zero-order valence-electron chi connectivity index (χ0n) is 10.2. The summed E-state index contributed by atoms with van der Waals surface area (Å²) in [6, 6.07) is 3.43. The first kappa shape index (κ1) is 15.1. The molecule has 0 aliphatic heterocycles. The van der Waals surface area contributed by atoms with E-state index in [9.17, 15) is 23.3 Å². The monoisotopic (exact) mass is 288 g/mol. The molecular formula is C10H12N2O6S. The first-order valence-electron chi connectivity index (χ1n) is 5.12. The molecule has 1 rings (SSSR count). The number of hydrogen-bond acceptors (Lipinski definition) is 6. The van der Waals surface area contributed by atoms with Gasteiger partial charge in [0.2, 0.25) is 10.0 Å². The predicted octanol–water partition coefficient (Wildman–Crippen LogP) is 0.435. The Morgan fingerprint density at radius 1 is 1.47 bits per heavy atom. The van der Waals surface area contributed by atoms with Crippen LogP contribution in [0.2, 0.25) is 0 Å². The molecule has 0 saturated heterocycles. The fourth-order valence-electron chi connectivity index (χ4n) is 1.29. The predicted molar refractivity (Wildman–Crippen MR) is 64.9 cm³/mol. The van der Waals surface area contributed by atoms with Crippen LogP contribution >= 0.6 is 0 Å². The highest BCUT2D eigenvalue weighted by atomic mass is 32.2. The molecule has 19 heavy (non-hydrogen) atoms. The van der Waals surface area contributed by atoms with E-state index in [1.54, 1.807) is 0 Å². The summed E-state index contributed by atoms with van der Waals surface area (Å²) in [5.74, 6) is -0.756. The molecule has 0 spiro atoms. The summed E-state index contributed by atoms with van der Waals surface area (Å²) in [6.45, 7) is 1.31. The number of nitrogens with one attached hydrogen (secondary N) is 1. The minimum Gasteiger partial charge on any atom is -0.468 e. The molecule has 0 aliphatic carbocycles. The number of esters is 1. The number of sulfonamides is 1. The second kappa shape index (κ2) is 5.76. The Kier molecular flexibility index (Phi) is 4.57. The SMILES string of the molecule is COC(=O)C(C)NS(=O)(=O)c1cccc([N+](=O)[O-])c1. The molecule has 104 valence electrons. The molecule has 1 atom stereocenters. The van der Waals surface area contributed by atoms with E-state index in [0.29, 0.717) is 0 Å². The van der Waals surface area contributed by atoms with Crippen molar-refractivity contribution in [3.63, 3.8) is 0 Å². The van der Waals surface area contributed by atoms with Crippen molar-refractivity contribution >= 4 is 21.7 Å². The lowest BCUT2D eigenvalue weighted by atomic mass is 10.3. The van der Waals surface area contributed by atoms with Crippen LogP contribution in [0.3, 0.4) is 0 Å². The minimum atomic E-state index is -4.03. The summed E-state index contributed by atoms with van der Waals surface area (Å²) in [4.78, 5) is 20.7. The van der Waals surface area contributed by atoms with Gasteiger partial charge >= 0.3 is 5.97 Å². The number of carbonyl (C=O) groups is 1. The molecule has 9 heteroatoms. The third-order valence-electron chi connectivity index (χ3n) is 2.23. The number of ether oxygens (including phenoxy) is 1. The van der Waals surface area contributed by atoms with Crippen LogP contribution in [0, 0.1) is 10.1 Å². The second-order valence-electron chi connectivity index (χ2n) is 3.62. The largest absolute Gasteiger partial charge is 0.468 e. The quantitative estimate of drug-likeness (QED) is 0.477. The molecule has 0 fully saturated rings. The van der Waals surface area contributed by atoms with Crippen LogP contribution in [0.15, 0.2) is 29.2 Å². The van der Waals surface area contributed by atoms with E-state index in [1.165, 1.54) is 25.1 Å². The van der Waals surface area contributed by atoms with Crippen LogP contribution in [0.5, 0.6) is 0 Å². The van der Waals surface area contributed by atoms with Gasteiger partial charge in [0.25, 0.3) is 5.69 Å². The zero-order chi connectivity index (χ0) is 14.6. The number of nitro groups is 1. The summed E-state index contributed by atoms with van der Waals surface area (Å²) in [5, 5.41) is 10.6. The highest BCUT2D eigenvalue weighted by molar-refractivity contribution is 7.89. The van der Waals surface area contributed by atoms with E-state index in [2.05, 4.69) is 9.46 Å². The van der Waals surface area contributed by atoms with Crippen molar-refractivity contribution in [2.24, 2.45) is 0 Å². The van der Waals surface area contributed by atoms with Crippen molar-refractivity contribution in [1.82, 2.24) is 4.72 Å². The standard InChI is InChI=1S/C10H12N2O6S/c1-7(10(13)18-2)11-19(16,17)9-5-3-4-8(6-9)12(14)15/h3-7,11H,1-2H3. The molecule has 0 amide bonds. The zero-order valence-corrected chi connectivity index (χ0v) is 11.0. The van der Waals surface area contributed by atoms with Gasteiger partial charge < -0.3 is 4.74 Å². The van der Waals surface area contributed by atoms with E-state index >= 15 is 0 Å². The van der Waals surface area contributed by atoms with Crippen molar-refractivity contribution in [3.05, 3.63) is 34.4 Å². The highest BCUT2D eigenvalue weighted by Crippen LogP contribution is 2.17. The molecular weight excluding hydrogens is 276 g/mol. The van der Waals surface area contributed by atoms with E-state index in [-0.39, 0.29) is 10.6 Å². The topological polar surface area (TPSA) is 116 Å². The maximum atomic E-state index is 11.9. The fraction of sp³-hybridized carbons (Fsp3) is 0.300. The van der Waals surface area contributed by atoms with E-state index in [4.69, 9.17) is 0 Å². The molecule has 1 unspecified atom stereocenters. The van der Waals surface area contributed by atoms with E-state index < -0.39 is 27.0 Å². The van der Waals surface area contributed by atoms with Crippen molar-refractivity contribution in [2.75, 3.05) is 7.11 Å². The molecule has 8 nitrogen and oxygen atoms in total. The Balaban J connectivity index is 3.04. The Morgan fingerprint density at radius 3 is 2.63 bits per heavy atom. The third kappa shape index (κ3) is 3.73. The molecule has 0 radical (unpaired) electrons. The van der Waals surface area contributed by atoms with Crippen molar-refractivity contribution < 1.29 is 22.9 Å². The van der Waals surface area contributed by atoms with Gasteiger partial charge in [0.1, 0.15) is 6.04 Å². The van der Waals surface area contributed by atoms with Gasteiger partial charge in [-0.3, -0.25) is 14.9 Å². The Morgan fingerprint density at radius 2 is 2.11 bits per heavy atom. The summed E-state index contributed by atoms with van der Waals surface area (Å²) in [5.41, 5.74) is -0.353. The lowest BCUT2D eigenvalue weighted by molar-refractivity contribution is -0.385. The van der Waals surface area contributed by atoms with Gasteiger partial charge in [-0.1, -0.05) is 6.07 Å². The van der Waals surface area contributed by atoms with Gasteiger partial charge in [0.05, 0.1) is 16.9 Å². The smallest absolute Gasteiger partial charge is 0.323 e. The van der Waals surface area contributed by atoms with Crippen LogP contribution in [0.4, 0.5) is 5.69 Å². The van der Waals surface area contributed by atoms with Crippen molar-refractivity contribution in [1.29, 1.82) is 0 Å². The molecule has 0 heterocycles. The molecule has 0 saturated carbocycles. The van der Waals surface area contributed by atoms with E-state index in [1.807, 2.05) is 0 Å². The van der Waals surface area contributed by atoms with Crippen molar-refractivity contribution in [2.45, 2.75) is 17.9 Å². The number of carbonyl (C=O) groups excluding carboxylic acids is 1. The maximum absolute atomic E-state index is 11.9. The summed E-state index contributed by atoms with van der Waals surface area (Å²) < 4.78 is 30.2. The fourth-order valence-corrected chi connectivity index (χ4v) is 2.52. The summed E-state index contributed by atoms with van der Waals surface area (Å²) >= 11 is 0. The number of non-ortho nitro benzene ring substituents is 1. The van der Waals surface area contributed by atoms with Crippen molar-refractivity contribution in [3.8, 4) is 0 Å². The lowest BCUT2D eigenvalue weighted by Gasteiger charge is -2.11. The van der Waals surface area contributed by atoms with Crippen LogP contribution < -0.4 is 4.72 Å². The van der Waals surface area contributed by atoms with Gasteiger partial charge in [-0.25, -0.2) is 8.42 Å². The normalized spacial score (nSPS) is 12.7. The average Bonchev–Trinajstić information content (AvgIpc) is 2.37. The number of nitro benzene ring substituents is 1. The third-order valence-corrected chi connectivity index (χ3v) is 3.76. The number of benzene rings is 1. The number of rotatable bonds is 5. The summed E-state index contributed by atoms with van der Waals surface area (Å²) in [7, 11) is -2.90. The van der Waals surface area contributed by atoms with Gasteiger partial charge in [0, 0.05) is 12.1 Å². The summed E-state index contributed by atoms with van der Waals surface area (Å²) in [6.07, 6.45) is 0. The van der Waals surface area contributed by atoms with Crippen LogP contribution in [-0.2, 0) is 19.6 Å². The number of nitrogens with zero attached hydrogens (tertiary/aromatic N) is 1. The second-order valence-corrected chi connectivity index (χ2v) is 5.33. The first-order valence-corrected chi connectivity index (χ1v) is 6.61. The van der Waals surface area contributed by atoms with Crippen LogP contribution in [-0.4, -0.2) is 32.5 Å². The molecule has 0 aliphatic rings. The molecule has 1 aromatic carbocycles. The first-order chi connectivity index (χ1) is 8.77. The van der Waals surface area contributed by atoms with Gasteiger partial charge in [0.15, 0.2) is 0 Å². The molecule has 0 bridgehead atoms. The Hall–Kier alpha value is -2.00. The van der Waals surface area contributed by atoms with Crippen LogP contribution in [0.25, 0.3) is 0 Å². The molecule has 1 N–H and O–H groups in total. The number of hydrogen-bond donors (Lipinski definition) is 1. The lowest BCUT2D eigenvalue weighted by Crippen LogP contribution is -2.39. The van der Waals surface area contributed by atoms with Crippen LogP contribution in [0.1, 0.15) is 6.92 Å². The molecule has 0 aromatic heterocycles. The van der Waals surface area contributed by atoms with E-state index in [0.717, 1.165) is 13.2 Å². The Labute approximate surface area is 109 Å². The Bertz CT molecular complexity index is 598. The molecule has 1 aromatic rings. The highest BCUT2D eigenvalue weighted by Gasteiger charge is 2.23. The average molecular weight is 288 g/mol. The minimum absolute atomic E-state index is 0.294.